The van der Waals surface area contributed by atoms with Crippen molar-refractivity contribution in [2.24, 2.45) is 5.92 Å². The number of aromatic nitrogens is 2. The maximum Gasteiger partial charge on any atom is 0.147 e. The number of rotatable bonds is 5. The highest BCUT2D eigenvalue weighted by Crippen LogP contribution is 2.21. The predicted octanol–water partition coefficient (Wildman–Crippen LogP) is 1.77. The summed E-state index contributed by atoms with van der Waals surface area (Å²) in [5.41, 5.74) is 1.89. The van der Waals surface area contributed by atoms with Crippen molar-refractivity contribution in [2.45, 2.75) is 12.8 Å². The Morgan fingerprint density at radius 3 is 2.68 bits per heavy atom. The Kier molecular flexibility index (Phi) is 4.85. The molecular formula is C17H24N4O. The second-order valence-corrected chi connectivity index (χ2v) is 6.11. The predicted molar refractivity (Wildman–Crippen MR) is 89.1 cm³/mol. The first-order chi connectivity index (χ1) is 10.8. The average molecular weight is 300 g/mol. The standard InChI is InChI=1S/C17H24N4O/c1-20(13-14-6-8-21(9-7-14)10-11-22)17-12-18-15-4-2-3-5-16(15)19-17/h2-5,12,14,22H,6-11,13H2,1H3. The lowest BCUT2D eigenvalue weighted by molar-refractivity contribution is 0.149. The van der Waals surface area contributed by atoms with Crippen molar-refractivity contribution >= 4 is 16.9 Å². The van der Waals surface area contributed by atoms with E-state index in [-0.39, 0.29) is 6.61 Å². The van der Waals surface area contributed by atoms with Crippen LogP contribution >= 0.6 is 0 Å². The molecule has 2 aromatic rings. The molecule has 3 rings (SSSR count). The number of aliphatic hydroxyl groups is 1. The Hall–Kier alpha value is -1.72. The Bertz CT molecular complexity index is 610. The van der Waals surface area contributed by atoms with Gasteiger partial charge in [-0.05, 0) is 44.0 Å². The molecule has 1 fully saturated rings. The molecule has 5 heteroatoms. The van der Waals surface area contributed by atoms with Crippen LogP contribution in [-0.4, -0.2) is 59.8 Å². The summed E-state index contributed by atoms with van der Waals surface area (Å²) in [6.07, 6.45) is 4.24. The lowest BCUT2D eigenvalue weighted by atomic mass is 9.96. The number of para-hydroxylation sites is 2. The van der Waals surface area contributed by atoms with Crippen LogP contribution in [0.25, 0.3) is 11.0 Å². The molecule has 22 heavy (non-hydrogen) atoms. The number of aliphatic hydroxyl groups excluding tert-OH is 1. The van der Waals surface area contributed by atoms with E-state index in [1.165, 1.54) is 12.8 Å². The first kappa shape index (κ1) is 15.2. The molecular weight excluding hydrogens is 276 g/mol. The third-order valence-corrected chi connectivity index (χ3v) is 4.48. The Morgan fingerprint density at radius 2 is 1.95 bits per heavy atom. The fraction of sp³-hybridized carbons (Fsp3) is 0.529. The molecule has 1 N–H and O–H groups in total. The van der Waals surface area contributed by atoms with Gasteiger partial charge in [0.05, 0.1) is 23.8 Å². The number of anilines is 1. The van der Waals surface area contributed by atoms with Gasteiger partial charge in [-0.2, -0.15) is 0 Å². The third-order valence-electron chi connectivity index (χ3n) is 4.48. The van der Waals surface area contributed by atoms with E-state index >= 15 is 0 Å². The van der Waals surface area contributed by atoms with Crippen molar-refractivity contribution in [3.05, 3.63) is 30.5 Å². The summed E-state index contributed by atoms with van der Waals surface area (Å²) in [5, 5.41) is 9.00. The zero-order valence-electron chi connectivity index (χ0n) is 13.1. The van der Waals surface area contributed by atoms with Crippen molar-refractivity contribution in [1.29, 1.82) is 0 Å². The van der Waals surface area contributed by atoms with Gasteiger partial charge in [0.2, 0.25) is 0 Å². The number of nitrogens with zero attached hydrogens (tertiary/aromatic N) is 4. The van der Waals surface area contributed by atoms with E-state index in [4.69, 9.17) is 10.1 Å². The zero-order valence-corrected chi connectivity index (χ0v) is 13.1. The fourth-order valence-electron chi connectivity index (χ4n) is 3.15. The first-order valence-corrected chi connectivity index (χ1v) is 8.02. The largest absolute Gasteiger partial charge is 0.395 e. The summed E-state index contributed by atoms with van der Waals surface area (Å²) >= 11 is 0. The summed E-state index contributed by atoms with van der Waals surface area (Å²) in [6, 6.07) is 7.98. The van der Waals surface area contributed by atoms with Crippen molar-refractivity contribution < 1.29 is 5.11 Å². The van der Waals surface area contributed by atoms with E-state index in [1.54, 1.807) is 0 Å². The molecule has 0 unspecified atom stereocenters. The summed E-state index contributed by atoms with van der Waals surface area (Å²) in [5.74, 6) is 1.63. The SMILES string of the molecule is CN(CC1CCN(CCO)CC1)c1cnc2ccccc2n1. The summed E-state index contributed by atoms with van der Waals surface area (Å²) in [4.78, 5) is 13.8. The van der Waals surface area contributed by atoms with E-state index in [0.29, 0.717) is 5.92 Å². The molecule has 0 saturated carbocycles. The van der Waals surface area contributed by atoms with Gasteiger partial charge in [-0.25, -0.2) is 4.98 Å². The number of hydrogen-bond acceptors (Lipinski definition) is 5. The maximum atomic E-state index is 9.00. The molecule has 0 bridgehead atoms. The van der Waals surface area contributed by atoms with Gasteiger partial charge in [-0.15, -0.1) is 0 Å². The minimum absolute atomic E-state index is 0.261. The Morgan fingerprint density at radius 1 is 1.23 bits per heavy atom. The van der Waals surface area contributed by atoms with Gasteiger partial charge >= 0.3 is 0 Å². The van der Waals surface area contributed by atoms with E-state index in [0.717, 1.165) is 43.0 Å². The van der Waals surface area contributed by atoms with Crippen molar-refractivity contribution in [1.82, 2.24) is 14.9 Å². The van der Waals surface area contributed by atoms with E-state index in [2.05, 4.69) is 21.8 Å². The maximum absolute atomic E-state index is 9.00. The summed E-state index contributed by atoms with van der Waals surface area (Å²) < 4.78 is 0. The molecule has 1 saturated heterocycles. The number of fused-ring (bicyclic) bond motifs is 1. The Balaban J connectivity index is 1.60. The normalized spacial score (nSPS) is 17.0. The van der Waals surface area contributed by atoms with Crippen LogP contribution in [0.3, 0.4) is 0 Å². The Labute approximate surface area is 131 Å². The van der Waals surface area contributed by atoms with Crippen molar-refractivity contribution in [3.63, 3.8) is 0 Å². The molecule has 1 aliphatic rings. The topological polar surface area (TPSA) is 52.5 Å². The molecule has 0 atom stereocenters. The molecule has 0 spiro atoms. The van der Waals surface area contributed by atoms with Gasteiger partial charge in [-0.1, -0.05) is 12.1 Å². The lowest BCUT2D eigenvalue weighted by Gasteiger charge is -2.33. The van der Waals surface area contributed by atoms with Crippen molar-refractivity contribution in [2.75, 3.05) is 44.7 Å². The minimum atomic E-state index is 0.261. The molecule has 0 aliphatic carbocycles. The molecule has 118 valence electrons. The number of β-amino-alcohol motifs (C(OH)–C–C–N with tert-alkyl or cyclic N) is 1. The fourth-order valence-corrected chi connectivity index (χ4v) is 3.15. The van der Waals surface area contributed by atoms with Crippen molar-refractivity contribution in [3.8, 4) is 0 Å². The summed E-state index contributed by atoms with van der Waals surface area (Å²) in [6.45, 7) is 4.25. The molecule has 0 radical (unpaired) electrons. The molecule has 0 amide bonds. The van der Waals surface area contributed by atoms with Gasteiger partial charge in [0.1, 0.15) is 5.82 Å². The monoisotopic (exact) mass is 300 g/mol. The smallest absolute Gasteiger partial charge is 0.147 e. The highest BCUT2D eigenvalue weighted by Gasteiger charge is 2.20. The average Bonchev–Trinajstić information content (AvgIpc) is 2.56. The van der Waals surface area contributed by atoms with Gasteiger partial charge in [0, 0.05) is 20.1 Å². The molecule has 1 aromatic heterocycles. The van der Waals surface area contributed by atoms with Gasteiger partial charge in [0.25, 0.3) is 0 Å². The highest BCUT2D eigenvalue weighted by atomic mass is 16.3. The van der Waals surface area contributed by atoms with Crippen LogP contribution in [0, 0.1) is 5.92 Å². The first-order valence-electron chi connectivity index (χ1n) is 8.02. The van der Waals surface area contributed by atoms with Gasteiger partial charge < -0.3 is 14.9 Å². The molecule has 5 nitrogen and oxygen atoms in total. The van der Waals surface area contributed by atoms with Gasteiger partial charge in [-0.3, -0.25) is 4.98 Å². The van der Waals surface area contributed by atoms with E-state index in [9.17, 15) is 0 Å². The number of benzene rings is 1. The van der Waals surface area contributed by atoms with Crippen LogP contribution in [0.15, 0.2) is 30.5 Å². The number of piperidine rings is 1. The van der Waals surface area contributed by atoms with E-state index < -0.39 is 0 Å². The van der Waals surface area contributed by atoms with Crippen LogP contribution in [0.4, 0.5) is 5.82 Å². The molecule has 1 aliphatic heterocycles. The molecule has 1 aromatic carbocycles. The quantitative estimate of drug-likeness (QED) is 0.912. The second kappa shape index (κ2) is 7.03. The van der Waals surface area contributed by atoms with Crippen LogP contribution in [0.2, 0.25) is 0 Å². The highest BCUT2D eigenvalue weighted by molar-refractivity contribution is 5.75. The number of likely N-dealkylation sites (tertiary alicyclic amines) is 1. The minimum Gasteiger partial charge on any atom is -0.395 e. The third kappa shape index (κ3) is 3.54. The molecule has 2 heterocycles. The summed E-state index contributed by atoms with van der Waals surface area (Å²) in [7, 11) is 2.10. The lowest BCUT2D eigenvalue weighted by Crippen LogP contribution is -2.39. The van der Waals surface area contributed by atoms with Crippen LogP contribution < -0.4 is 4.90 Å². The van der Waals surface area contributed by atoms with Gasteiger partial charge in [0.15, 0.2) is 0 Å². The van der Waals surface area contributed by atoms with Crippen LogP contribution in [0.5, 0.6) is 0 Å². The zero-order chi connectivity index (χ0) is 15.4. The second-order valence-electron chi connectivity index (χ2n) is 6.11. The number of hydrogen-bond donors (Lipinski definition) is 1. The van der Waals surface area contributed by atoms with Crippen LogP contribution in [0.1, 0.15) is 12.8 Å². The van der Waals surface area contributed by atoms with Crippen LogP contribution in [-0.2, 0) is 0 Å². The van der Waals surface area contributed by atoms with E-state index in [1.807, 2.05) is 30.5 Å².